The number of hydrogen-bond acceptors (Lipinski definition) is 8. The van der Waals surface area contributed by atoms with Crippen molar-refractivity contribution in [1.29, 1.82) is 0 Å². The van der Waals surface area contributed by atoms with Crippen LogP contribution in [0.2, 0.25) is 0 Å². The van der Waals surface area contributed by atoms with Gasteiger partial charge in [-0.25, -0.2) is 16.8 Å². The van der Waals surface area contributed by atoms with Crippen LogP contribution < -0.4 is 0 Å². The van der Waals surface area contributed by atoms with E-state index in [4.69, 9.17) is 0 Å². The summed E-state index contributed by atoms with van der Waals surface area (Å²) in [4.78, 5) is 0. The van der Waals surface area contributed by atoms with Crippen molar-refractivity contribution in [2.45, 2.75) is 349 Å². The first kappa shape index (κ1) is 74.2. The number of hydrogen-bond donors (Lipinski definition) is 0. The van der Waals surface area contributed by atoms with Crippen LogP contribution in [0.4, 0.5) is 0 Å². The topological polar surface area (TPSA) is 133 Å². The van der Waals surface area contributed by atoms with Crippen LogP contribution in [0.15, 0.2) is 0 Å². The Labute approximate surface area is 463 Å². The van der Waals surface area contributed by atoms with Crippen molar-refractivity contribution in [2.75, 3.05) is 13.2 Å². The number of unbranched alkanes of at least 4 members (excludes halogenated alkanes) is 42. The average Bonchev–Trinajstić information content (AvgIpc) is 3.30. The molecule has 0 N–H and O–H groups in total. The molecule has 0 rings (SSSR count). The summed E-state index contributed by atoms with van der Waals surface area (Å²) in [5.74, 6) is 0.399. The van der Waals surface area contributed by atoms with Gasteiger partial charge in [0.2, 0.25) is 20.8 Å². The average molecular weight is 1050 g/mol. The second-order valence-corrected chi connectivity index (χ2v) is 23.2. The minimum atomic E-state index is -4.58. The largest absolute Gasteiger partial charge is 2.00 e. The fourth-order valence-corrected chi connectivity index (χ4v) is 10.4. The van der Waals surface area contributed by atoms with Crippen molar-refractivity contribution in [3.63, 3.8) is 0 Å². The summed E-state index contributed by atoms with van der Waals surface area (Å²) in [7, 11) is -9.16. The molecule has 0 spiro atoms. The molecule has 8 nitrogen and oxygen atoms in total. The first-order valence-corrected chi connectivity index (χ1v) is 32.9. The Bertz CT molecular complexity index is 1080. The van der Waals surface area contributed by atoms with Gasteiger partial charge in [0.05, 0.1) is 13.2 Å². The van der Waals surface area contributed by atoms with E-state index < -0.39 is 20.8 Å². The molecule has 2 atom stereocenters. The van der Waals surface area contributed by atoms with E-state index >= 15 is 0 Å². The first-order chi connectivity index (χ1) is 33.0. The molecule has 0 radical (unpaired) electrons. The van der Waals surface area contributed by atoms with E-state index in [0.29, 0.717) is 0 Å². The fourth-order valence-electron chi connectivity index (χ4n) is 9.72. The summed E-state index contributed by atoms with van der Waals surface area (Å²) < 4.78 is 74.6. The molecule has 0 amide bonds. The van der Waals surface area contributed by atoms with Crippen molar-refractivity contribution >= 4 is 58.5 Å². The number of rotatable bonds is 56. The first-order valence-electron chi connectivity index (χ1n) is 30.2. The summed E-state index contributed by atoms with van der Waals surface area (Å²) in [5, 5.41) is 0. The Morgan fingerprint density at radius 3 is 0.522 bits per heavy atom. The van der Waals surface area contributed by atoms with E-state index in [1.165, 1.54) is 270 Å². The maximum absolute atomic E-state index is 10.9. The van der Waals surface area contributed by atoms with Gasteiger partial charge in [-0.3, -0.25) is 8.37 Å². The van der Waals surface area contributed by atoms with Crippen LogP contribution in [-0.4, -0.2) is 76.9 Å². The maximum Gasteiger partial charge on any atom is 2.00 e. The molecule has 412 valence electrons. The molecule has 0 saturated carbocycles. The molecule has 0 heterocycles. The van der Waals surface area contributed by atoms with Crippen LogP contribution in [-0.2, 0) is 29.2 Å². The van der Waals surface area contributed by atoms with E-state index in [2.05, 4.69) is 36.1 Å². The molecule has 0 aliphatic carbocycles. The van der Waals surface area contributed by atoms with Crippen molar-refractivity contribution < 1.29 is 34.3 Å². The zero-order valence-electron chi connectivity index (χ0n) is 46.7. The Morgan fingerprint density at radius 2 is 0.391 bits per heavy atom. The van der Waals surface area contributed by atoms with E-state index in [1.54, 1.807) is 0 Å². The minimum Gasteiger partial charge on any atom is -0.726 e. The van der Waals surface area contributed by atoms with Crippen LogP contribution in [0, 0.1) is 11.8 Å². The van der Waals surface area contributed by atoms with Gasteiger partial charge in [-0.05, 0) is 37.5 Å². The zero-order chi connectivity index (χ0) is 50.3. The zero-order valence-corrected chi connectivity index (χ0v) is 50.6. The van der Waals surface area contributed by atoms with Crippen LogP contribution in [0.1, 0.15) is 349 Å². The van der Waals surface area contributed by atoms with Gasteiger partial charge in [0, 0.05) is 0 Å². The van der Waals surface area contributed by atoms with Gasteiger partial charge in [0.1, 0.15) is 0 Å². The molecule has 0 saturated heterocycles. The molecule has 11 heteroatoms. The molecule has 0 aliphatic rings. The summed E-state index contributed by atoms with van der Waals surface area (Å²) >= 11 is 0. The second kappa shape index (κ2) is 59.9. The van der Waals surface area contributed by atoms with Crippen LogP contribution in [0.25, 0.3) is 0 Å². The smallest absolute Gasteiger partial charge is 0.726 e. The maximum atomic E-state index is 10.9. The van der Waals surface area contributed by atoms with Crippen LogP contribution in [0.5, 0.6) is 0 Å². The molecular formula is C58H118CaO8S2. The molecular weight excluding hydrogens is 929 g/mol. The quantitative estimate of drug-likeness (QED) is 0.0255. The van der Waals surface area contributed by atoms with Gasteiger partial charge in [-0.15, -0.1) is 0 Å². The molecule has 0 aromatic rings. The van der Waals surface area contributed by atoms with Crippen molar-refractivity contribution in [3.05, 3.63) is 0 Å². The Kier molecular flexibility index (Phi) is 64.4. The summed E-state index contributed by atoms with van der Waals surface area (Å²) in [6, 6.07) is 0. The predicted octanol–water partition coefficient (Wildman–Crippen LogP) is 19.4. The van der Waals surface area contributed by atoms with E-state index in [1.807, 2.05) is 0 Å². The third-order valence-electron chi connectivity index (χ3n) is 14.3. The summed E-state index contributed by atoms with van der Waals surface area (Å²) in [5.41, 5.74) is 0. The van der Waals surface area contributed by atoms with Gasteiger partial charge < -0.3 is 9.11 Å². The van der Waals surface area contributed by atoms with Crippen LogP contribution >= 0.6 is 0 Å². The van der Waals surface area contributed by atoms with Gasteiger partial charge in [-0.2, -0.15) is 0 Å². The summed E-state index contributed by atoms with van der Waals surface area (Å²) in [6.45, 7) is 9.19. The third kappa shape index (κ3) is 69.0. The molecule has 69 heavy (non-hydrogen) atoms. The molecule has 0 aromatic heterocycles. The van der Waals surface area contributed by atoms with E-state index in [9.17, 15) is 25.9 Å². The minimum absolute atomic E-state index is 0. The molecule has 0 fully saturated rings. The summed E-state index contributed by atoms with van der Waals surface area (Å²) in [6.07, 6.45) is 64.5. The van der Waals surface area contributed by atoms with Crippen LogP contribution in [0.3, 0.4) is 0 Å². The normalized spacial score (nSPS) is 12.7. The van der Waals surface area contributed by atoms with Crippen molar-refractivity contribution in [2.24, 2.45) is 11.8 Å². The predicted molar refractivity (Wildman–Crippen MR) is 298 cm³/mol. The van der Waals surface area contributed by atoms with E-state index in [0.717, 1.165) is 51.4 Å². The van der Waals surface area contributed by atoms with Gasteiger partial charge >= 0.3 is 37.7 Å². The Hall–Kier alpha value is 1.000. The third-order valence-corrected chi connectivity index (χ3v) is 15.1. The molecule has 2 unspecified atom stereocenters. The monoisotopic (exact) mass is 1050 g/mol. The fraction of sp³-hybridized carbons (Fsp3) is 1.00. The molecule has 0 bridgehead atoms. The second-order valence-electron chi connectivity index (χ2n) is 21.1. The SMILES string of the molecule is CCCCCCCCCCCCCCC(CCCCCCCCCCCCC)COS(=O)(=O)[O-].CCCCCCCCCCCCCCC(CCCCCCCCCCCCC)COS(=O)(=O)[O-].[Ca+2]. The Balaban J connectivity index is -0.00000124. The van der Waals surface area contributed by atoms with Crippen molar-refractivity contribution in [1.82, 2.24) is 0 Å². The van der Waals surface area contributed by atoms with Crippen molar-refractivity contribution in [3.8, 4) is 0 Å². The Morgan fingerprint density at radius 1 is 0.261 bits per heavy atom. The van der Waals surface area contributed by atoms with Gasteiger partial charge in [0.15, 0.2) is 0 Å². The molecule has 0 aromatic carbocycles. The molecule has 0 aliphatic heterocycles. The standard InChI is InChI=1S/2C29H60O4S.Ca/c2*1-3-5-7-9-11-13-15-17-19-21-23-25-27-29(28-33-34(30,31)32)26-24-22-20-18-16-14-12-10-8-6-4-2;/h2*29H,3-28H2,1-2H3,(H,30,31,32);/q;;+2/p-2. The van der Waals surface area contributed by atoms with E-state index in [-0.39, 0.29) is 62.8 Å². The van der Waals surface area contributed by atoms with Gasteiger partial charge in [0.25, 0.3) is 0 Å². The van der Waals surface area contributed by atoms with Gasteiger partial charge in [-0.1, -0.05) is 323 Å².